The Balaban J connectivity index is 0.700. The Hall–Kier alpha value is -6.80. The first-order valence-electron chi connectivity index (χ1n) is 33.7. The molecule has 0 saturated carbocycles. The number of hydrogen-bond donors (Lipinski definition) is 0. The minimum absolute atomic E-state index is 0.155. The van der Waals surface area contributed by atoms with Crippen molar-refractivity contribution in [3.8, 4) is 0 Å². The molecule has 6 aromatic rings. The number of hydrogen-bond acceptors (Lipinski definition) is 4. The summed E-state index contributed by atoms with van der Waals surface area (Å²) in [6.07, 6.45) is 29.2. The lowest BCUT2D eigenvalue weighted by molar-refractivity contribution is -0.438. The second kappa shape index (κ2) is 26.4. The SMILES string of the molecule is CCCC[N+]1=C(/C=C/C2=C(Cl)C(=C/C=C3/N(CCOCCOCCN4/C(=C/C=C5\CCCC(/C=C/C6=[N+](CCCC)c7ccc8ccccc8c7C6(C)C)=C5Cl)C(C)(C)c5ccccc54)c4ccccc4C3(C)C)/CCC2)C(C)(C)c2c1ccc1ccccc21. The molecule has 8 heteroatoms. The first-order chi connectivity index (χ1) is 43.5. The van der Waals surface area contributed by atoms with Gasteiger partial charge in [-0.1, -0.05) is 187 Å². The summed E-state index contributed by atoms with van der Waals surface area (Å²) in [5, 5.41) is 7.05. The highest BCUT2D eigenvalue weighted by Gasteiger charge is 2.47. The number of halogens is 2. The molecule has 2 aliphatic carbocycles. The van der Waals surface area contributed by atoms with Crippen molar-refractivity contribution in [2.45, 2.75) is 155 Å². The molecular weight excluding hydrogens is 1140 g/mol. The zero-order valence-electron chi connectivity index (χ0n) is 55.3. The standard InChI is InChI=1S/C82H94Cl2N4O2/c1-11-13-49-85-69-43-37-57-25-15-17-31-63(57)75(69)81(7,8)73(85)47-41-61-29-23-27-59(77(61)83)39-45-71-79(3,4)65-33-19-21-35-67(65)87(71)51-53-89-55-56-90-54-52-88-68-36-22-20-34-66(68)80(5,6)72(88)46-40-60-28-24-30-62(78(60)84)42-48-74-82(9,10)76-64-32-18-16-26-58(64)38-44-70(76)86(74)50-14-12-2/h15-22,25-26,31-48H,11-14,23-24,27-30,49-56H2,1-10H3/q+2. The molecule has 90 heavy (non-hydrogen) atoms. The van der Waals surface area contributed by atoms with Gasteiger partial charge < -0.3 is 19.3 Å². The van der Waals surface area contributed by atoms with Crippen LogP contribution in [0.5, 0.6) is 0 Å². The van der Waals surface area contributed by atoms with Crippen molar-refractivity contribution in [3.05, 3.63) is 236 Å². The van der Waals surface area contributed by atoms with E-state index in [4.69, 9.17) is 32.7 Å². The van der Waals surface area contributed by atoms with Crippen LogP contribution in [0.1, 0.15) is 156 Å². The fourth-order valence-corrected chi connectivity index (χ4v) is 16.3. The van der Waals surface area contributed by atoms with Crippen LogP contribution in [0, 0.1) is 0 Å². The first-order valence-corrected chi connectivity index (χ1v) is 34.4. The molecule has 0 radical (unpaired) electrons. The van der Waals surface area contributed by atoms with Crippen molar-refractivity contribution >= 4 is 78.9 Å². The van der Waals surface area contributed by atoms with Gasteiger partial charge >= 0.3 is 0 Å². The van der Waals surface area contributed by atoms with Gasteiger partial charge in [-0.15, -0.1) is 0 Å². The van der Waals surface area contributed by atoms with Gasteiger partial charge in [0.1, 0.15) is 13.1 Å². The molecule has 12 rings (SSSR count). The van der Waals surface area contributed by atoms with E-state index in [1.165, 1.54) is 112 Å². The van der Waals surface area contributed by atoms with Crippen LogP contribution in [-0.2, 0) is 31.1 Å². The summed E-state index contributed by atoms with van der Waals surface area (Å²) in [6.45, 7) is 29.2. The lowest BCUT2D eigenvalue weighted by Gasteiger charge is -2.27. The second-order valence-corrected chi connectivity index (χ2v) is 28.5. The Bertz CT molecular complexity index is 3830. The number of allylic oxidation sites excluding steroid dienone is 16. The van der Waals surface area contributed by atoms with Crippen molar-refractivity contribution in [3.63, 3.8) is 0 Å². The molecular formula is C82H94Cl2N4O2+2. The number of nitrogens with zero attached hydrogens (tertiary/aromatic N) is 4. The Labute approximate surface area is 547 Å². The number of anilines is 2. The van der Waals surface area contributed by atoms with E-state index >= 15 is 0 Å². The molecule has 6 aliphatic rings. The minimum atomic E-state index is -0.199. The molecule has 0 fully saturated rings. The van der Waals surface area contributed by atoms with Crippen LogP contribution in [-0.4, -0.2) is 73.2 Å². The van der Waals surface area contributed by atoms with Gasteiger partial charge in [-0.05, 0) is 158 Å². The molecule has 4 aliphatic heterocycles. The number of benzene rings is 6. The molecule has 0 amide bonds. The number of rotatable bonds is 21. The monoisotopic (exact) mass is 1240 g/mol. The number of para-hydroxylation sites is 2. The Morgan fingerprint density at radius 2 is 0.844 bits per heavy atom. The maximum atomic E-state index is 7.47. The van der Waals surface area contributed by atoms with Gasteiger partial charge in [0, 0.05) is 105 Å². The van der Waals surface area contributed by atoms with E-state index in [9.17, 15) is 0 Å². The van der Waals surface area contributed by atoms with Crippen LogP contribution in [0.25, 0.3) is 21.5 Å². The molecule has 0 bridgehead atoms. The Morgan fingerprint density at radius 3 is 1.27 bits per heavy atom. The average molecular weight is 1240 g/mol. The highest BCUT2D eigenvalue weighted by molar-refractivity contribution is 6.33. The zero-order valence-corrected chi connectivity index (χ0v) is 56.8. The van der Waals surface area contributed by atoms with Crippen molar-refractivity contribution < 1.29 is 18.6 Å². The molecule has 0 aromatic heterocycles. The van der Waals surface area contributed by atoms with Crippen LogP contribution in [0.15, 0.2) is 214 Å². The van der Waals surface area contributed by atoms with Gasteiger partial charge in [0.2, 0.25) is 11.4 Å². The summed E-state index contributed by atoms with van der Waals surface area (Å²) in [4.78, 5) is 4.92. The highest BCUT2D eigenvalue weighted by Crippen LogP contribution is 2.51. The van der Waals surface area contributed by atoms with Crippen molar-refractivity contribution in [2.75, 3.05) is 62.4 Å². The summed E-state index contributed by atoms with van der Waals surface area (Å²) in [5.41, 5.74) is 20.0. The average Bonchev–Trinajstić information content (AvgIpc) is 1.68. The van der Waals surface area contributed by atoms with E-state index < -0.39 is 0 Å². The molecule has 0 saturated heterocycles. The van der Waals surface area contributed by atoms with E-state index in [0.29, 0.717) is 26.4 Å². The summed E-state index contributed by atoms with van der Waals surface area (Å²) < 4.78 is 18.0. The predicted octanol–water partition coefficient (Wildman–Crippen LogP) is 20.8. The van der Waals surface area contributed by atoms with E-state index in [0.717, 1.165) is 100 Å². The molecule has 6 nitrogen and oxygen atoms in total. The third-order valence-electron chi connectivity index (χ3n) is 20.5. The first kappa shape index (κ1) is 63.4. The molecule has 0 N–H and O–H groups in total. The van der Waals surface area contributed by atoms with Gasteiger partial charge in [0.05, 0.1) is 37.3 Å². The van der Waals surface area contributed by atoms with E-state index in [-0.39, 0.29) is 21.7 Å². The van der Waals surface area contributed by atoms with Gasteiger partial charge in [-0.3, -0.25) is 0 Å². The van der Waals surface area contributed by atoms with E-state index in [1.54, 1.807) is 0 Å². The van der Waals surface area contributed by atoms with Gasteiger partial charge in [0.25, 0.3) is 0 Å². The van der Waals surface area contributed by atoms with Crippen LogP contribution < -0.4 is 9.80 Å². The quantitative estimate of drug-likeness (QED) is 0.0531. The normalized spacial score (nSPS) is 20.9. The minimum Gasteiger partial charge on any atom is -0.377 e. The van der Waals surface area contributed by atoms with Crippen LogP contribution in [0.2, 0.25) is 0 Å². The Morgan fingerprint density at radius 1 is 0.444 bits per heavy atom. The molecule has 6 aromatic carbocycles. The smallest absolute Gasteiger partial charge is 0.210 e. The predicted molar refractivity (Wildman–Crippen MR) is 383 cm³/mol. The third kappa shape index (κ3) is 11.8. The maximum Gasteiger partial charge on any atom is 0.210 e. The summed E-state index contributed by atoms with van der Waals surface area (Å²) in [5.74, 6) is 0. The summed E-state index contributed by atoms with van der Waals surface area (Å²) in [7, 11) is 0. The topological polar surface area (TPSA) is 31.0 Å². The maximum absolute atomic E-state index is 7.47. The molecule has 0 spiro atoms. The van der Waals surface area contributed by atoms with Crippen molar-refractivity contribution in [2.24, 2.45) is 0 Å². The fraction of sp³-hybridized carbons (Fsp3) is 0.390. The lowest BCUT2D eigenvalue weighted by atomic mass is 9.78. The molecule has 4 heterocycles. The summed E-state index contributed by atoms with van der Waals surface area (Å²) in [6, 6.07) is 44.6. The number of fused-ring (bicyclic) bond motifs is 8. The third-order valence-corrected chi connectivity index (χ3v) is 21.5. The van der Waals surface area contributed by atoms with Crippen LogP contribution in [0.4, 0.5) is 22.7 Å². The molecule has 0 unspecified atom stereocenters. The highest BCUT2D eigenvalue weighted by atomic mass is 35.5. The fourth-order valence-electron chi connectivity index (χ4n) is 15.7. The zero-order chi connectivity index (χ0) is 63.0. The summed E-state index contributed by atoms with van der Waals surface area (Å²) >= 11 is 14.9. The van der Waals surface area contributed by atoms with E-state index in [2.05, 4.69) is 258 Å². The van der Waals surface area contributed by atoms with Crippen LogP contribution >= 0.6 is 23.2 Å². The number of ether oxygens (including phenoxy) is 2. The lowest BCUT2D eigenvalue weighted by Crippen LogP contribution is -2.30. The van der Waals surface area contributed by atoms with Gasteiger partial charge in [-0.25, -0.2) is 0 Å². The Kier molecular flexibility index (Phi) is 18.6. The van der Waals surface area contributed by atoms with Crippen molar-refractivity contribution in [1.29, 1.82) is 0 Å². The molecule has 466 valence electrons. The van der Waals surface area contributed by atoms with Gasteiger partial charge in [-0.2, -0.15) is 9.15 Å². The van der Waals surface area contributed by atoms with Crippen molar-refractivity contribution in [1.82, 2.24) is 0 Å². The molecule has 0 atom stereocenters. The largest absolute Gasteiger partial charge is 0.377 e. The second-order valence-electron chi connectivity index (χ2n) is 27.7. The number of unbranched alkanes of at least 4 members (excludes halogenated alkanes) is 2. The van der Waals surface area contributed by atoms with Gasteiger partial charge in [0.15, 0.2) is 11.4 Å². The van der Waals surface area contributed by atoms with E-state index in [1.807, 2.05) is 0 Å². The van der Waals surface area contributed by atoms with Crippen LogP contribution in [0.3, 0.4) is 0 Å².